The quantitative estimate of drug-likeness (QED) is 0.436. The number of hydrazine groups is 1. The number of sulfonamides is 1. The Morgan fingerprint density at radius 3 is 2.63 bits per heavy atom. The molecule has 1 rings (SSSR count). The Balaban J connectivity index is 2.76. The van der Waals surface area contributed by atoms with Crippen LogP contribution >= 0.6 is 11.6 Å². The molecule has 0 radical (unpaired) electrons. The van der Waals surface area contributed by atoms with E-state index in [1.807, 2.05) is 0 Å². The van der Waals surface area contributed by atoms with E-state index >= 15 is 0 Å². The van der Waals surface area contributed by atoms with E-state index in [4.69, 9.17) is 17.4 Å². The standard InChI is InChI=1S/C9H17ClN6O2S/c1-9(2,16-19(3,17)18)5-13-7-6(10)4-12-8(14-7)15-11/h4,16H,5,11H2,1-3H3,(H2,12,13,14,15). The molecule has 0 unspecified atom stereocenters. The highest BCUT2D eigenvalue weighted by molar-refractivity contribution is 7.88. The molecule has 108 valence electrons. The number of aromatic nitrogens is 2. The van der Waals surface area contributed by atoms with Gasteiger partial charge >= 0.3 is 0 Å². The van der Waals surface area contributed by atoms with Gasteiger partial charge in [-0.1, -0.05) is 11.6 Å². The van der Waals surface area contributed by atoms with Crippen molar-refractivity contribution in [1.82, 2.24) is 14.7 Å². The van der Waals surface area contributed by atoms with E-state index in [1.54, 1.807) is 13.8 Å². The summed E-state index contributed by atoms with van der Waals surface area (Å²) in [6.07, 6.45) is 2.49. The predicted molar refractivity (Wildman–Crippen MR) is 75.4 cm³/mol. The van der Waals surface area contributed by atoms with E-state index in [0.717, 1.165) is 6.26 Å². The van der Waals surface area contributed by atoms with Crippen molar-refractivity contribution in [2.24, 2.45) is 5.84 Å². The van der Waals surface area contributed by atoms with Gasteiger partial charge in [0.1, 0.15) is 5.02 Å². The maximum atomic E-state index is 11.2. The Morgan fingerprint density at radius 2 is 2.11 bits per heavy atom. The van der Waals surface area contributed by atoms with Gasteiger partial charge in [-0.3, -0.25) is 5.43 Å². The molecule has 0 saturated heterocycles. The second-order valence-corrected chi connectivity index (χ2v) is 6.80. The van der Waals surface area contributed by atoms with Crippen molar-refractivity contribution in [3.63, 3.8) is 0 Å². The van der Waals surface area contributed by atoms with Crippen LogP contribution in [0.25, 0.3) is 0 Å². The molecule has 0 fully saturated rings. The Morgan fingerprint density at radius 1 is 1.47 bits per heavy atom. The first-order chi connectivity index (χ1) is 8.63. The molecule has 0 aliphatic heterocycles. The van der Waals surface area contributed by atoms with E-state index in [2.05, 4.69) is 25.4 Å². The number of nitrogens with one attached hydrogen (secondary N) is 3. The molecule has 0 spiro atoms. The molecule has 19 heavy (non-hydrogen) atoms. The van der Waals surface area contributed by atoms with Gasteiger partial charge in [0.05, 0.1) is 12.5 Å². The molecule has 0 aliphatic rings. The normalized spacial score (nSPS) is 12.3. The highest BCUT2D eigenvalue weighted by atomic mass is 35.5. The highest BCUT2D eigenvalue weighted by Gasteiger charge is 2.22. The third-order valence-corrected chi connectivity index (χ3v) is 3.23. The molecule has 0 atom stereocenters. The monoisotopic (exact) mass is 308 g/mol. The number of halogens is 1. The van der Waals surface area contributed by atoms with Gasteiger partial charge in [-0.2, -0.15) is 4.98 Å². The van der Waals surface area contributed by atoms with E-state index in [-0.39, 0.29) is 5.95 Å². The summed E-state index contributed by atoms with van der Waals surface area (Å²) in [5.74, 6) is 5.77. The first-order valence-corrected chi connectivity index (χ1v) is 7.62. The second kappa shape index (κ2) is 5.87. The molecule has 0 saturated carbocycles. The Hall–Kier alpha value is -1.16. The van der Waals surface area contributed by atoms with Gasteiger partial charge in [0.2, 0.25) is 16.0 Å². The molecule has 8 nitrogen and oxygen atoms in total. The van der Waals surface area contributed by atoms with Crippen molar-refractivity contribution in [2.75, 3.05) is 23.5 Å². The zero-order valence-corrected chi connectivity index (χ0v) is 12.4. The predicted octanol–water partition coefficient (Wildman–Crippen LogP) is 0.155. The number of nitrogens with two attached hydrogens (primary N) is 1. The lowest BCUT2D eigenvalue weighted by Crippen LogP contribution is -2.47. The van der Waals surface area contributed by atoms with Gasteiger partial charge in [0.25, 0.3) is 0 Å². The number of nitrogens with zero attached hydrogens (tertiary/aromatic N) is 2. The van der Waals surface area contributed by atoms with Crippen LogP contribution in [-0.4, -0.2) is 36.7 Å². The number of rotatable bonds is 6. The smallest absolute Gasteiger partial charge is 0.239 e. The first kappa shape index (κ1) is 15.9. The Bertz CT molecular complexity index is 548. The van der Waals surface area contributed by atoms with Crippen LogP contribution in [-0.2, 0) is 10.0 Å². The van der Waals surface area contributed by atoms with Crippen molar-refractivity contribution >= 4 is 33.4 Å². The van der Waals surface area contributed by atoms with Gasteiger partial charge in [0.15, 0.2) is 5.82 Å². The van der Waals surface area contributed by atoms with E-state index in [1.165, 1.54) is 6.20 Å². The van der Waals surface area contributed by atoms with Crippen LogP contribution in [0.2, 0.25) is 5.02 Å². The summed E-state index contributed by atoms with van der Waals surface area (Å²) in [5, 5.41) is 3.26. The van der Waals surface area contributed by atoms with E-state index in [9.17, 15) is 8.42 Å². The van der Waals surface area contributed by atoms with Gasteiger partial charge in [0, 0.05) is 12.1 Å². The lowest BCUT2D eigenvalue weighted by molar-refractivity contribution is 0.476. The van der Waals surface area contributed by atoms with Crippen molar-refractivity contribution in [3.05, 3.63) is 11.2 Å². The largest absolute Gasteiger partial charge is 0.367 e. The summed E-state index contributed by atoms with van der Waals surface area (Å²) in [4.78, 5) is 7.85. The van der Waals surface area contributed by atoms with Crippen LogP contribution in [0.1, 0.15) is 13.8 Å². The maximum absolute atomic E-state index is 11.2. The molecule has 10 heteroatoms. The summed E-state index contributed by atoms with van der Waals surface area (Å²) in [6, 6.07) is 0. The highest BCUT2D eigenvalue weighted by Crippen LogP contribution is 2.19. The van der Waals surface area contributed by atoms with Crippen molar-refractivity contribution in [3.8, 4) is 0 Å². The van der Waals surface area contributed by atoms with Crippen LogP contribution in [0.5, 0.6) is 0 Å². The Labute approximate surface area is 117 Å². The average Bonchev–Trinajstić information content (AvgIpc) is 2.25. The minimum atomic E-state index is -3.30. The lowest BCUT2D eigenvalue weighted by Gasteiger charge is -2.25. The van der Waals surface area contributed by atoms with Crippen molar-refractivity contribution in [1.29, 1.82) is 0 Å². The minimum Gasteiger partial charge on any atom is -0.367 e. The fourth-order valence-corrected chi connectivity index (χ4v) is 2.64. The lowest BCUT2D eigenvalue weighted by atomic mass is 10.1. The second-order valence-electron chi connectivity index (χ2n) is 4.65. The van der Waals surface area contributed by atoms with Gasteiger partial charge < -0.3 is 5.32 Å². The third kappa shape index (κ3) is 5.55. The first-order valence-electron chi connectivity index (χ1n) is 5.35. The summed E-state index contributed by atoms with van der Waals surface area (Å²) >= 11 is 5.92. The van der Waals surface area contributed by atoms with Crippen LogP contribution < -0.4 is 21.3 Å². The van der Waals surface area contributed by atoms with Crippen molar-refractivity contribution in [2.45, 2.75) is 19.4 Å². The Kier molecular flexibility index (Phi) is 4.91. The van der Waals surface area contributed by atoms with Crippen molar-refractivity contribution < 1.29 is 8.42 Å². The fraction of sp³-hybridized carbons (Fsp3) is 0.556. The summed E-state index contributed by atoms with van der Waals surface area (Å²) in [5.41, 5.74) is 1.60. The fourth-order valence-electron chi connectivity index (χ4n) is 1.40. The molecule has 0 amide bonds. The van der Waals surface area contributed by atoms with Crippen LogP contribution in [0.3, 0.4) is 0 Å². The topological polar surface area (TPSA) is 122 Å². The van der Waals surface area contributed by atoms with E-state index < -0.39 is 15.6 Å². The molecule has 0 aliphatic carbocycles. The SMILES string of the molecule is CC(C)(CNc1nc(NN)ncc1Cl)NS(C)(=O)=O. The number of nitrogen functional groups attached to an aromatic ring is 1. The van der Waals surface area contributed by atoms with Crippen LogP contribution in [0.4, 0.5) is 11.8 Å². The molecule has 1 aromatic rings. The summed E-state index contributed by atoms with van der Waals surface area (Å²) in [7, 11) is -3.30. The molecular weight excluding hydrogens is 292 g/mol. The summed E-state index contributed by atoms with van der Waals surface area (Å²) in [6.45, 7) is 3.76. The van der Waals surface area contributed by atoms with Crippen LogP contribution in [0, 0.1) is 0 Å². The summed E-state index contributed by atoms with van der Waals surface area (Å²) < 4.78 is 24.9. The van der Waals surface area contributed by atoms with Gasteiger partial charge in [-0.05, 0) is 13.8 Å². The average molecular weight is 309 g/mol. The molecular formula is C9H17ClN6O2S. The molecule has 0 bridgehead atoms. The maximum Gasteiger partial charge on any atom is 0.239 e. The zero-order valence-electron chi connectivity index (χ0n) is 10.9. The molecule has 1 aromatic heterocycles. The van der Waals surface area contributed by atoms with Gasteiger partial charge in [-0.25, -0.2) is 24.0 Å². The van der Waals surface area contributed by atoms with E-state index in [0.29, 0.717) is 17.4 Å². The number of hydrogen-bond acceptors (Lipinski definition) is 7. The zero-order chi connectivity index (χ0) is 14.7. The van der Waals surface area contributed by atoms with Crippen LogP contribution in [0.15, 0.2) is 6.20 Å². The number of hydrogen-bond donors (Lipinski definition) is 4. The molecule has 1 heterocycles. The third-order valence-electron chi connectivity index (χ3n) is 2.03. The molecule has 0 aromatic carbocycles. The van der Waals surface area contributed by atoms with Gasteiger partial charge in [-0.15, -0.1) is 0 Å². The number of anilines is 2. The minimum absolute atomic E-state index is 0.209. The molecule has 5 N–H and O–H groups in total.